The molecule has 1 saturated heterocycles. The first-order valence-corrected chi connectivity index (χ1v) is 8.13. The van der Waals surface area contributed by atoms with Crippen LogP contribution in [0.2, 0.25) is 5.02 Å². The molecule has 1 amide bonds. The molecule has 1 aliphatic heterocycles. The second-order valence-electron chi connectivity index (χ2n) is 5.34. The molecule has 0 spiro atoms. The minimum Gasteiger partial charge on any atom is -0.380 e. The van der Waals surface area contributed by atoms with E-state index in [0.29, 0.717) is 17.3 Å². The van der Waals surface area contributed by atoms with E-state index in [0.717, 1.165) is 45.9 Å². The van der Waals surface area contributed by atoms with Crippen LogP contribution in [0.4, 0.5) is 5.69 Å². The number of ether oxygens (including phenoxy) is 1. The van der Waals surface area contributed by atoms with Gasteiger partial charge >= 0.3 is 0 Å². The molecule has 0 bridgehead atoms. The molecule has 22 heavy (non-hydrogen) atoms. The summed E-state index contributed by atoms with van der Waals surface area (Å²) in [5, 5.41) is 3.43. The lowest BCUT2D eigenvalue weighted by atomic mass is 10.3. The maximum atomic E-state index is 12.1. The van der Waals surface area contributed by atoms with Crippen molar-refractivity contribution in [2.24, 2.45) is 0 Å². The van der Waals surface area contributed by atoms with Gasteiger partial charge < -0.3 is 10.1 Å². The number of carbonyl (C=O) groups is 1. The smallest absolute Gasteiger partial charge is 0.238 e. The molecule has 2 rings (SSSR count). The van der Waals surface area contributed by atoms with Crippen LogP contribution in [0.15, 0.2) is 24.3 Å². The molecule has 1 heterocycles. The molecule has 0 unspecified atom stereocenters. The van der Waals surface area contributed by atoms with Gasteiger partial charge in [-0.05, 0) is 19.1 Å². The lowest BCUT2D eigenvalue weighted by molar-refractivity contribution is -0.117. The predicted molar refractivity (Wildman–Crippen MR) is 89.5 cm³/mol. The fraction of sp³-hybridized carbons (Fsp3) is 0.562. The molecular weight excluding hydrogens is 302 g/mol. The Morgan fingerprint density at radius 2 is 1.91 bits per heavy atom. The van der Waals surface area contributed by atoms with Crippen molar-refractivity contribution in [3.63, 3.8) is 0 Å². The van der Waals surface area contributed by atoms with Crippen molar-refractivity contribution < 1.29 is 9.53 Å². The molecule has 0 saturated carbocycles. The van der Waals surface area contributed by atoms with E-state index in [4.69, 9.17) is 16.3 Å². The standard InChI is InChI=1S/C16H24ClN3O2/c1-2-22-12-11-19-7-9-20(10-8-19)13-16(21)18-15-6-4-3-5-14(15)17/h3-6H,2,7-13H2,1H3,(H,18,21). The monoisotopic (exact) mass is 325 g/mol. The van der Waals surface area contributed by atoms with Crippen molar-refractivity contribution in [3.05, 3.63) is 29.3 Å². The predicted octanol–water partition coefficient (Wildman–Crippen LogP) is 1.93. The number of nitrogens with one attached hydrogen (secondary N) is 1. The molecule has 0 aliphatic carbocycles. The van der Waals surface area contributed by atoms with E-state index >= 15 is 0 Å². The summed E-state index contributed by atoms with van der Waals surface area (Å²) >= 11 is 6.04. The van der Waals surface area contributed by atoms with Crippen LogP contribution < -0.4 is 5.32 Å². The highest BCUT2D eigenvalue weighted by Crippen LogP contribution is 2.20. The highest BCUT2D eigenvalue weighted by atomic mass is 35.5. The van der Waals surface area contributed by atoms with Crippen molar-refractivity contribution in [2.45, 2.75) is 6.92 Å². The van der Waals surface area contributed by atoms with E-state index < -0.39 is 0 Å². The van der Waals surface area contributed by atoms with Crippen LogP contribution in [-0.2, 0) is 9.53 Å². The van der Waals surface area contributed by atoms with Crippen LogP contribution in [0.1, 0.15) is 6.92 Å². The van der Waals surface area contributed by atoms with Gasteiger partial charge in [0, 0.05) is 39.3 Å². The fourth-order valence-electron chi connectivity index (χ4n) is 2.46. The molecule has 1 N–H and O–H groups in total. The Bertz CT molecular complexity index is 476. The Kier molecular flexibility index (Phi) is 7.12. The Balaban J connectivity index is 1.69. The summed E-state index contributed by atoms with van der Waals surface area (Å²) < 4.78 is 5.37. The van der Waals surface area contributed by atoms with Gasteiger partial charge in [-0.3, -0.25) is 14.6 Å². The van der Waals surface area contributed by atoms with Crippen LogP contribution in [0.5, 0.6) is 0 Å². The number of para-hydroxylation sites is 1. The van der Waals surface area contributed by atoms with E-state index in [1.165, 1.54) is 0 Å². The molecule has 0 radical (unpaired) electrons. The summed E-state index contributed by atoms with van der Waals surface area (Å²) in [7, 11) is 0. The van der Waals surface area contributed by atoms with Gasteiger partial charge in [0.05, 0.1) is 23.9 Å². The first kappa shape index (κ1) is 17.2. The summed E-state index contributed by atoms with van der Waals surface area (Å²) in [5.74, 6) is -0.0177. The first-order valence-electron chi connectivity index (χ1n) is 7.76. The average molecular weight is 326 g/mol. The van der Waals surface area contributed by atoms with Crippen molar-refractivity contribution in [1.82, 2.24) is 9.80 Å². The Morgan fingerprint density at radius 3 is 2.59 bits per heavy atom. The Labute approximate surface area is 137 Å². The number of carbonyl (C=O) groups excluding carboxylic acids is 1. The van der Waals surface area contributed by atoms with Crippen molar-refractivity contribution >= 4 is 23.2 Å². The summed E-state index contributed by atoms with van der Waals surface area (Å²) in [6.45, 7) is 8.70. The normalized spacial score (nSPS) is 16.6. The Morgan fingerprint density at radius 1 is 1.23 bits per heavy atom. The number of rotatable bonds is 7. The summed E-state index contributed by atoms with van der Waals surface area (Å²) in [5.41, 5.74) is 0.671. The van der Waals surface area contributed by atoms with E-state index in [9.17, 15) is 4.79 Å². The summed E-state index contributed by atoms with van der Waals surface area (Å²) in [6.07, 6.45) is 0. The summed E-state index contributed by atoms with van der Waals surface area (Å²) in [6, 6.07) is 7.29. The van der Waals surface area contributed by atoms with Crippen LogP contribution in [0.25, 0.3) is 0 Å². The third-order valence-electron chi connectivity index (χ3n) is 3.74. The molecule has 0 aromatic heterocycles. The zero-order chi connectivity index (χ0) is 15.8. The SMILES string of the molecule is CCOCCN1CCN(CC(=O)Nc2ccccc2Cl)CC1. The topological polar surface area (TPSA) is 44.8 Å². The second-order valence-corrected chi connectivity index (χ2v) is 5.75. The van der Waals surface area contributed by atoms with Crippen LogP contribution in [-0.4, -0.2) is 68.2 Å². The van der Waals surface area contributed by atoms with Crippen LogP contribution in [0, 0.1) is 0 Å². The second kappa shape index (κ2) is 9.10. The molecular formula is C16H24ClN3O2. The van der Waals surface area contributed by atoms with Gasteiger partial charge in [0.1, 0.15) is 0 Å². The zero-order valence-corrected chi connectivity index (χ0v) is 13.8. The highest BCUT2D eigenvalue weighted by molar-refractivity contribution is 6.33. The third-order valence-corrected chi connectivity index (χ3v) is 4.07. The molecule has 122 valence electrons. The van der Waals surface area contributed by atoms with E-state index in [1.54, 1.807) is 6.07 Å². The fourth-order valence-corrected chi connectivity index (χ4v) is 2.65. The quantitative estimate of drug-likeness (QED) is 0.778. The van der Waals surface area contributed by atoms with Gasteiger partial charge in [-0.25, -0.2) is 0 Å². The van der Waals surface area contributed by atoms with Crippen LogP contribution >= 0.6 is 11.6 Å². The van der Waals surface area contributed by atoms with Gasteiger partial charge in [0.15, 0.2) is 0 Å². The van der Waals surface area contributed by atoms with Gasteiger partial charge in [-0.15, -0.1) is 0 Å². The molecule has 1 fully saturated rings. The molecule has 5 nitrogen and oxygen atoms in total. The third kappa shape index (κ3) is 5.57. The zero-order valence-electron chi connectivity index (χ0n) is 13.1. The van der Waals surface area contributed by atoms with Crippen molar-refractivity contribution in [3.8, 4) is 0 Å². The van der Waals surface area contributed by atoms with Crippen molar-refractivity contribution in [1.29, 1.82) is 0 Å². The molecule has 6 heteroatoms. The minimum atomic E-state index is -0.0177. The average Bonchev–Trinajstić information content (AvgIpc) is 2.51. The molecule has 1 aromatic rings. The minimum absolute atomic E-state index is 0.0177. The van der Waals surface area contributed by atoms with Gasteiger partial charge in [-0.1, -0.05) is 23.7 Å². The van der Waals surface area contributed by atoms with Gasteiger partial charge in [0.25, 0.3) is 0 Å². The number of benzene rings is 1. The number of halogens is 1. The molecule has 1 aromatic carbocycles. The number of nitrogens with zero attached hydrogens (tertiary/aromatic N) is 2. The number of anilines is 1. The van der Waals surface area contributed by atoms with Crippen LogP contribution in [0.3, 0.4) is 0 Å². The first-order chi connectivity index (χ1) is 10.7. The largest absolute Gasteiger partial charge is 0.380 e. The maximum absolute atomic E-state index is 12.1. The maximum Gasteiger partial charge on any atom is 0.238 e. The number of hydrogen-bond donors (Lipinski definition) is 1. The summed E-state index contributed by atoms with van der Waals surface area (Å²) in [4.78, 5) is 16.6. The van der Waals surface area contributed by atoms with E-state index in [-0.39, 0.29) is 5.91 Å². The molecule has 1 aliphatic rings. The number of piperazine rings is 1. The molecule has 0 atom stereocenters. The van der Waals surface area contributed by atoms with Gasteiger partial charge in [0.2, 0.25) is 5.91 Å². The lowest BCUT2D eigenvalue weighted by Gasteiger charge is -2.34. The highest BCUT2D eigenvalue weighted by Gasteiger charge is 2.18. The number of hydrogen-bond acceptors (Lipinski definition) is 4. The number of amides is 1. The van der Waals surface area contributed by atoms with E-state index in [1.807, 2.05) is 25.1 Å². The van der Waals surface area contributed by atoms with Gasteiger partial charge in [-0.2, -0.15) is 0 Å². The van der Waals surface area contributed by atoms with E-state index in [2.05, 4.69) is 15.1 Å². The van der Waals surface area contributed by atoms with Crippen molar-refractivity contribution in [2.75, 3.05) is 57.8 Å². The Hall–Kier alpha value is -1.14. The lowest BCUT2D eigenvalue weighted by Crippen LogP contribution is -2.49.